The molecule has 0 radical (unpaired) electrons. The fourth-order valence-corrected chi connectivity index (χ4v) is 6.75. The number of carbonyl (C=O) groups excluding carboxylic acids is 1. The lowest BCUT2D eigenvalue weighted by atomic mass is 9.96. The summed E-state index contributed by atoms with van der Waals surface area (Å²) in [6.45, 7) is 6.68. The molecule has 0 unspecified atom stereocenters. The summed E-state index contributed by atoms with van der Waals surface area (Å²) in [6, 6.07) is 15.1. The summed E-state index contributed by atoms with van der Waals surface area (Å²) in [4.78, 5) is 20.3. The van der Waals surface area contributed by atoms with Crippen LogP contribution in [0.4, 0.5) is 11.5 Å². The number of pyridine rings is 1. The molecule has 2 aliphatic heterocycles. The maximum Gasteiger partial charge on any atom is 0.243 e. The average Bonchev–Trinajstić information content (AvgIpc) is 3.39. The molecule has 0 saturated carbocycles. The van der Waals surface area contributed by atoms with Gasteiger partial charge in [-0.3, -0.25) is 4.79 Å². The van der Waals surface area contributed by atoms with Crippen molar-refractivity contribution in [3.05, 3.63) is 59.7 Å². The van der Waals surface area contributed by atoms with Gasteiger partial charge in [-0.1, -0.05) is 6.07 Å². The minimum Gasteiger partial charge on any atom is -0.356 e. The number of aromatic nitrogens is 1. The summed E-state index contributed by atoms with van der Waals surface area (Å²) >= 11 is 0. The molecule has 35 heavy (non-hydrogen) atoms. The zero-order chi connectivity index (χ0) is 24.6. The van der Waals surface area contributed by atoms with Crippen molar-refractivity contribution in [1.82, 2.24) is 9.29 Å². The number of amides is 1. The predicted octanol–water partition coefficient (Wildman–Crippen LogP) is 4.49. The summed E-state index contributed by atoms with van der Waals surface area (Å²) < 4.78 is 27.4. The van der Waals surface area contributed by atoms with Crippen molar-refractivity contribution >= 4 is 38.3 Å². The van der Waals surface area contributed by atoms with Gasteiger partial charge in [0.2, 0.25) is 15.9 Å². The first-order chi connectivity index (χ1) is 16.8. The Morgan fingerprint density at radius 2 is 1.69 bits per heavy atom. The van der Waals surface area contributed by atoms with E-state index in [0.29, 0.717) is 24.5 Å². The van der Waals surface area contributed by atoms with Crippen molar-refractivity contribution in [2.45, 2.75) is 44.4 Å². The zero-order valence-electron chi connectivity index (χ0n) is 20.3. The minimum atomic E-state index is -3.46. The number of rotatable bonds is 5. The molecule has 1 aromatic heterocycles. The van der Waals surface area contributed by atoms with Crippen LogP contribution in [0, 0.1) is 19.8 Å². The van der Waals surface area contributed by atoms with Crippen LogP contribution in [0.15, 0.2) is 53.4 Å². The molecule has 8 heteroatoms. The van der Waals surface area contributed by atoms with Gasteiger partial charge in [0.15, 0.2) is 0 Å². The van der Waals surface area contributed by atoms with Gasteiger partial charge in [-0.2, -0.15) is 4.31 Å². The third-order valence-electron chi connectivity index (χ3n) is 6.95. The first kappa shape index (κ1) is 23.8. The molecule has 3 aromatic rings. The number of nitrogens with zero attached hydrogens (tertiary/aromatic N) is 3. The number of sulfonamides is 1. The van der Waals surface area contributed by atoms with Crippen molar-refractivity contribution in [3.63, 3.8) is 0 Å². The molecule has 1 atom stereocenters. The van der Waals surface area contributed by atoms with E-state index in [-0.39, 0.29) is 11.8 Å². The molecule has 0 bridgehead atoms. The van der Waals surface area contributed by atoms with Crippen LogP contribution in [0.3, 0.4) is 0 Å². The molecule has 2 fully saturated rings. The minimum absolute atomic E-state index is 0.0391. The van der Waals surface area contributed by atoms with E-state index >= 15 is 0 Å². The van der Waals surface area contributed by atoms with E-state index in [0.717, 1.165) is 65.8 Å². The molecule has 0 spiro atoms. The lowest BCUT2D eigenvalue weighted by Crippen LogP contribution is -2.41. The third kappa shape index (κ3) is 5.04. The fraction of sp³-hybridized carbons (Fsp3) is 0.407. The van der Waals surface area contributed by atoms with E-state index < -0.39 is 10.0 Å². The maximum absolute atomic E-state index is 13.0. The Hall–Kier alpha value is -2.97. The molecule has 0 aliphatic carbocycles. The van der Waals surface area contributed by atoms with Crippen LogP contribution in [0.1, 0.15) is 36.8 Å². The number of carbonyl (C=O) groups is 1. The van der Waals surface area contributed by atoms with E-state index in [1.54, 1.807) is 22.5 Å². The van der Waals surface area contributed by atoms with Crippen LogP contribution in [-0.4, -0.2) is 49.8 Å². The number of hydrogen-bond donors (Lipinski definition) is 1. The normalized spacial score (nSPS) is 19.3. The Kier molecular flexibility index (Phi) is 6.51. The molecule has 2 aliphatic rings. The van der Waals surface area contributed by atoms with Gasteiger partial charge in [-0.05, 0) is 93.1 Å². The topological polar surface area (TPSA) is 82.6 Å². The number of nitrogens with one attached hydrogen (secondary N) is 1. The van der Waals surface area contributed by atoms with E-state index in [9.17, 15) is 13.2 Å². The first-order valence-corrected chi connectivity index (χ1v) is 13.8. The SMILES string of the molecule is Cc1cc(C)cc(NC(=O)[C@H]2CCCN(c3ccc4cc(S(=O)(=O)N5CCCC5)ccc4n3)C2)c1. The average molecular weight is 493 g/mol. The number of benzene rings is 2. The fourth-order valence-electron chi connectivity index (χ4n) is 5.20. The molecule has 7 nitrogen and oxygen atoms in total. The molecule has 5 rings (SSSR count). The highest BCUT2D eigenvalue weighted by Crippen LogP contribution is 2.28. The van der Waals surface area contributed by atoms with Gasteiger partial charge in [0.1, 0.15) is 5.82 Å². The molecule has 184 valence electrons. The highest BCUT2D eigenvalue weighted by molar-refractivity contribution is 7.89. The molecule has 1 amide bonds. The summed E-state index contributed by atoms with van der Waals surface area (Å²) in [5, 5.41) is 3.89. The molecule has 2 aromatic carbocycles. The lowest BCUT2D eigenvalue weighted by molar-refractivity contribution is -0.120. The van der Waals surface area contributed by atoms with Crippen LogP contribution < -0.4 is 10.2 Å². The Morgan fingerprint density at radius 3 is 2.43 bits per heavy atom. The standard InChI is InChI=1S/C27H32N4O3S/c1-19-14-20(2)16-23(15-19)28-27(32)22-6-5-11-30(18-22)26-10-7-21-17-24(8-9-25(21)29-26)35(33,34)31-12-3-4-13-31/h7-10,14-17,22H,3-6,11-13,18H2,1-2H3,(H,28,32)/t22-/m0/s1. The number of fused-ring (bicyclic) bond motifs is 1. The quantitative estimate of drug-likeness (QED) is 0.567. The Balaban J connectivity index is 1.31. The van der Waals surface area contributed by atoms with E-state index in [2.05, 4.69) is 16.3 Å². The molecule has 3 heterocycles. The zero-order valence-corrected chi connectivity index (χ0v) is 21.1. The number of hydrogen-bond acceptors (Lipinski definition) is 5. The van der Waals surface area contributed by atoms with Crippen LogP contribution in [0.25, 0.3) is 10.9 Å². The smallest absolute Gasteiger partial charge is 0.243 e. The van der Waals surface area contributed by atoms with E-state index in [1.807, 2.05) is 38.1 Å². The van der Waals surface area contributed by atoms with Crippen LogP contribution in [0.5, 0.6) is 0 Å². The second-order valence-corrected chi connectivity index (χ2v) is 11.7. The van der Waals surface area contributed by atoms with Gasteiger partial charge in [-0.15, -0.1) is 0 Å². The molecular weight excluding hydrogens is 460 g/mol. The highest BCUT2D eigenvalue weighted by Gasteiger charge is 2.28. The Labute approximate surface area is 207 Å². The summed E-state index contributed by atoms with van der Waals surface area (Å²) in [5.74, 6) is 0.740. The summed E-state index contributed by atoms with van der Waals surface area (Å²) in [6.07, 6.45) is 3.59. The van der Waals surface area contributed by atoms with Crippen LogP contribution in [0.2, 0.25) is 0 Å². The van der Waals surface area contributed by atoms with Gasteiger partial charge in [-0.25, -0.2) is 13.4 Å². The lowest BCUT2D eigenvalue weighted by Gasteiger charge is -2.33. The molecule has 1 N–H and O–H groups in total. The first-order valence-electron chi connectivity index (χ1n) is 12.3. The third-order valence-corrected chi connectivity index (χ3v) is 8.85. The molecular formula is C27H32N4O3S. The Morgan fingerprint density at radius 1 is 0.943 bits per heavy atom. The monoisotopic (exact) mass is 492 g/mol. The van der Waals surface area contributed by atoms with Crippen molar-refractivity contribution in [1.29, 1.82) is 0 Å². The Bertz CT molecular complexity index is 1350. The largest absolute Gasteiger partial charge is 0.356 e. The number of piperidine rings is 1. The summed E-state index contributed by atoms with van der Waals surface area (Å²) in [5.41, 5.74) is 3.85. The number of anilines is 2. The maximum atomic E-state index is 13.0. The van der Waals surface area contributed by atoms with Gasteiger partial charge in [0.25, 0.3) is 0 Å². The molecule has 2 saturated heterocycles. The van der Waals surface area contributed by atoms with Gasteiger partial charge in [0.05, 0.1) is 16.3 Å². The second-order valence-electron chi connectivity index (χ2n) is 9.79. The van der Waals surface area contributed by atoms with Crippen LogP contribution >= 0.6 is 0 Å². The van der Waals surface area contributed by atoms with Crippen molar-refractivity contribution in [2.24, 2.45) is 5.92 Å². The van der Waals surface area contributed by atoms with Gasteiger partial charge in [0, 0.05) is 37.3 Å². The van der Waals surface area contributed by atoms with E-state index in [1.165, 1.54) is 0 Å². The van der Waals surface area contributed by atoms with Crippen molar-refractivity contribution in [2.75, 3.05) is 36.4 Å². The second kappa shape index (κ2) is 9.59. The highest BCUT2D eigenvalue weighted by atomic mass is 32.2. The van der Waals surface area contributed by atoms with Crippen molar-refractivity contribution in [3.8, 4) is 0 Å². The predicted molar refractivity (Wildman–Crippen MR) is 139 cm³/mol. The van der Waals surface area contributed by atoms with E-state index in [4.69, 9.17) is 4.98 Å². The van der Waals surface area contributed by atoms with Gasteiger partial charge < -0.3 is 10.2 Å². The number of aryl methyl sites for hydroxylation is 2. The van der Waals surface area contributed by atoms with Gasteiger partial charge >= 0.3 is 0 Å². The van der Waals surface area contributed by atoms with Crippen molar-refractivity contribution < 1.29 is 13.2 Å². The van der Waals surface area contributed by atoms with Crippen LogP contribution in [-0.2, 0) is 14.8 Å². The summed E-state index contributed by atoms with van der Waals surface area (Å²) in [7, 11) is -3.46.